The minimum atomic E-state index is -0.353. The Kier molecular flexibility index (Phi) is 4.02. The van der Waals surface area contributed by atoms with Crippen molar-refractivity contribution in [3.05, 3.63) is 34.6 Å². The molecule has 0 radical (unpaired) electrons. The molecule has 0 aliphatic rings. The van der Waals surface area contributed by atoms with Gasteiger partial charge >= 0.3 is 0 Å². The van der Waals surface area contributed by atoms with Crippen LogP contribution in [-0.2, 0) is 4.79 Å². The molecule has 0 spiro atoms. The van der Waals surface area contributed by atoms with Crippen LogP contribution in [0.5, 0.6) is 0 Å². The summed E-state index contributed by atoms with van der Waals surface area (Å²) in [4.78, 5) is 29.7. The number of hydrogen-bond donors (Lipinski definition) is 3. The summed E-state index contributed by atoms with van der Waals surface area (Å²) in [6, 6.07) is 6.56. The van der Waals surface area contributed by atoms with Crippen molar-refractivity contribution in [3.8, 4) is 0 Å². The highest BCUT2D eigenvalue weighted by Crippen LogP contribution is 2.21. The highest BCUT2D eigenvalue weighted by Gasteiger charge is 2.10. The Labute approximate surface area is 132 Å². The van der Waals surface area contributed by atoms with E-state index in [1.54, 1.807) is 12.1 Å². The Morgan fingerprint density at radius 3 is 3.09 bits per heavy atom. The Balaban J connectivity index is 1.68. The molecule has 0 fully saturated rings. The summed E-state index contributed by atoms with van der Waals surface area (Å²) in [6.07, 6.45) is 0. The lowest BCUT2D eigenvalue weighted by Gasteiger charge is -2.05. The molecule has 3 rings (SSSR count). The quantitative estimate of drug-likeness (QED) is 0.481. The van der Waals surface area contributed by atoms with E-state index in [1.807, 2.05) is 6.07 Å². The number of nitrogen functional groups attached to an aromatic ring is 1. The van der Waals surface area contributed by atoms with Gasteiger partial charge in [0.2, 0.25) is 5.91 Å². The molecule has 0 unspecified atom stereocenters. The Bertz CT molecular complexity index is 890. The fourth-order valence-electron chi connectivity index (χ4n) is 1.75. The summed E-state index contributed by atoms with van der Waals surface area (Å²) in [5.41, 5.74) is 7.12. The maximum Gasteiger partial charge on any atom is 0.253 e. The number of rotatable bonds is 4. The third kappa shape index (κ3) is 3.23. The van der Waals surface area contributed by atoms with Crippen molar-refractivity contribution in [3.63, 3.8) is 0 Å². The molecule has 0 atom stereocenters. The van der Waals surface area contributed by atoms with Gasteiger partial charge in [0.05, 0.1) is 23.2 Å². The van der Waals surface area contributed by atoms with Crippen molar-refractivity contribution in [2.24, 2.45) is 0 Å². The van der Waals surface area contributed by atoms with E-state index in [4.69, 9.17) is 5.73 Å². The number of H-pyrrole nitrogens is 1. The number of nitrogens with one attached hydrogen (secondary N) is 2. The third-order valence-corrected chi connectivity index (χ3v) is 4.06. The second kappa shape index (κ2) is 6.12. The van der Waals surface area contributed by atoms with Crippen LogP contribution in [0.15, 0.2) is 34.2 Å². The van der Waals surface area contributed by atoms with Crippen LogP contribution in [0.4, 0.5) is 11.5 Å². The van der Waals surface area contributed by atoms with Crippen molar-refractivity contribution < 1.29 is 4.79 Å². The number of carbonyl (C=O) groups excluding carboxylic acids is 1. The molecule has 1 amide bonds. The number of thioether (sulfide) groups is 1. The largest absolute Gasteiger partial charge is 0.383 e. The maximum atomic E-state index is 12.0. The summed E-state index contributed by atoms with van der Waals surface area (Å²) in [7, 11) is 0. The number of aromatic amines is 1. The first-order chi connectivity index (χ1) is 10.6. The summed E-state index contributed by atoms with van der Waals surface area (Å²) >= 11 is 2.18. The Hall–Kier alpha value is -2.46. The molecule has 0 aliphatic carbocycles. The first kappa shape index (κ1) is 14.5. The molecule has 0 saturated heterocycles. The molecule has 0 saturated carbocycles. The molecule has 3 aromatic rings. The fourth-order valence-corrected chi connectivity index (χ4v) is 2.98. The van der Waals surface area contributed by atoms with Crippen LogP contribution < -0.4 is 16.6 Å². The number of fused-ring (bicyclic) bond motifs is 1. The topological polar surface area (TPSA) is 127 Å². The number of amides is 1. The molecule has 0 bridgehead atoms. The van der Waals surface area contributed by atoms with Gasteiger partial charge in [0.15, 0.2) is 5.16 Å². The van der Waals surface area contributed by atoms with Gasteiger partial charge < -0.3 is 16.0 Å². The lowest BCUT2D eigenvalue weighted by Crippen LogP contribution is -2.16. The molecule has 2 aromatic heterocycles. The first-order valence-corrected chi connectivity index (χ1v) is 7.84. The van der Waals surface area contributed by atoms with E-state index in [2.05, 4.69) is 24.0 Å². The van der Waals surface area contributed by atoms with Crippen LogP contribution in [0.3, 0.4) is 0 Å². The molecule has 10 heteroatoms. The number of carbonyl (C=O) groups is 1. The SMILES string of the molecule is Nc1cc(=O)[nH]c(SCC(=O)Nc2cccc3nsnc23)n1. The molecular weight excluding hydrogens is 324 g/mol. The zero-order valence-corrected chi connectivity index (χ0v) is 12.7. The minimum absolute atomic E-state index is 0.0837. The van der Waals surface area contributed by atoms with Crippen LogP contribution in [0, 0.1) is 0 Å². The Morgan fingerprint density at radius 2 is 2.27 bits per heavy atom. The van der Waals surface area contributed by atoms with Gasteiger partial charge in [-0.15, -0.1) is 0 Å². The fraction of sp³-hybridized carbons (Fsp3) is 0.0833. The van der Waals surface area contributed by atoms with Gasteiger partial charge in [0.1, 0.15) is 16.9 Å². The molecule has 4 N–H and O–H groups in total. The van der Waals surface area contributed by atoms with E-state index < -0.39 is 0 Å². The van der Waals surface area contributed by atoms with E-state index in [1.165, 1.54) is 6.07 Å². The summed E-state index contributed by atoms with van der Waals surface area (Å²) < 4.78 is 8.26. The van der Waals surface area contributed by atoms with E-state index in [-0.39, 0.29) is 23.0 Å². The van der Waals surface area contributed by atoms with E-state index in [9.17, 15) is 9.59 Å². The van der Waals surface area contributed by atoms with Crippen molar-refractivity contribution in [1.82, 2.24) is 18.7 Å². The summed E-state index contributed by atoms with van der Waals surface area (Å²) in [5.74, 6) is -0.0408. The number of hydrogen-bond acceptors (Lipinski definition) is 8. The van der Waals surface area contributed by atoms with Crippen LogP contribution in [0.1, 0.15) is 0 Å². The molecular formula is C12H10N6O2S2. The van der Waals surface area contributed by atoms with Crippen LogP contribution >= 0.6 is 23.5 Å². The second-order valence-electron chi connectivity index (χ2n) is 4.25. The number of anilines is 2. The average molecular weight is 334 g/mol. The zero-order valence-electron chi connectivity index (χ0n) is 11.1. The number of nitrogens with two attached hydrogens (primary N) is 1. The third-order valence-electron chi connectivity index (χ3n) is 2.64. The molecule has 0 aliphatic heterocycles. The van der Waals surface area contributed by atoms with Crippen molar-refractivity contribution in [2.45, 2.75) is 5.16 Å². The van der Waals surface area contributed by atoms with Crippen LogP contribution in [0.25, 0.3) is 11.0 Å². The van der Waals surface area contributed by atoms with Gasteiger partial charge in [-0.05, 0) is 12.1 Å². The zero-order chi connectivity index (χ0) is 15.5. The van der Waals surface area contributed by atoms with Crippen molar-refractivity contribution in [2.75, 3.05) is 16.8 Å². The van der Waals surface area contributed by atoms with Gasteiger partial charge in [0.25, 0.3) is 5.56 Å². The smallest absolute Gasteiger partial charge is 0.253 e. The highest BCUT2D eigenvalue weighted by molar-refractivity contribution is 7.99. The van der Waals surface area contributed by atoms with Gasteiger partial charge in [0, 0.05) is 6.07 Å². The molecule has 1 aromatic carbocycles. The number of aromatic nitrogens is 4. The Morgan fingerprint density at radius 1 is 1.41 bits per heavy atom. The van der Waals surface area contributed by atoms with Crippen molar-refractivity contribution in [1.29, 1.82) is 0 Å². The second-order valence-corrected chi connectivity index (χ2v) is 5.74. The van der Waals surface area contributed by atoms with Gasteiger partial charge in [-0.3, -0.25) is 9.59 Å². The molecule has 2 heterocycles. The summed E-state index contributed by atoms with van der Waals surface area (Å²) in [6.45, 7) is 0. The number of benzene rings is 1. The van der Waals surface area contributed by atoms with Gasteiger partial charge in [-0.1, -0.05) is 17.8 Å². The van der Waals surface area contributed by atoms with E-state index in [0.29, 0.717) is 16.4 Å². The summed E-state index contributed by atoms with van der Waals surface area (Å²) in [5, 5.41) is 3.06. The lowest BCUT2D eigenvalue weighted by atomic mass is 10.2. The van der Waals surface area contributed by atoms with Crippen molar-refractivity contribution >= 4 is 51.9 Å². The molecule has 8 nitrogen and oxygen atoms in total. The molecule has 112 valence electrons. The van der Waals surface area contributed by atoms with E-state index >= 15 is 0 Å². The minimum Gasteiger partial charge on any atom is -0.383 e. The highest BCUT2D eigenvalue weighted by atomic mass is 32.2. The standard InChI is InChI=1S/C12H10N6O2S2/c13-8-4-9(19)16-12(15-8)21-5-10(20)14-6-2-1-3-7-11(6)18-22-17-7/h1-4H,5H2,(H,14,20)(H3,13,15,16,19). The predicted octanol–water partition coefficient (Wildman–Crippen LogP) is 1.09. The molecule has 22 heavy (non-hydrogen) atoms. The number of nitrogens with zero attached hydrogens (tertiary/aromatic N) is 3. The van der Waals surface area contributed by atoms with Gasteiger partial charge in [-0.25, -0.2) is 4.98 Å². The van der Waals surface area contributed by atoms with Crippen LogP contribution in [0.2, 0.25) is 0 Å². The van der Waals surface area contributed by atoms with E-state index in [0.717, 1.165) is 29.0 Å². The monoisotopic (exact) mass is 334 g/mol. The first-order valence-electron chi connectivity index (χ1n) is 6.12. The van der Waals surface area contributed by atoms with Crippen LogP contribution in [-0.4, -0.2) is 30.4 Å². The normalized spacial score (nSPS) is 10.7. The maximum absolute atomic E-state index is 12.0. The van der Waals surface area contributed by atoms with Gasteiger partial charge in [-0.2, -0.15) is 8.75 Å². The average Bonchev–Trinajstić information content (AvgIpc) is 2.94. The lowest BCUT2D eigenvalue weighted by molar-refractivity contribution is -0.113. The predicted molar refractivity (Wildman–Crippen MR) is 86.0 cm³/mol.